The molecule has 1 heterocycles. The van der Waals surface area contributed by atoms with E-state index >= 15 is 0 Å². The minimum atomic E-state index is 0.758. The molecule has 70 valence electrons. The molecule has 1 nitrogen and oxygen atoms in total. The lowest BCUT2D eigenvalue weighted by Gasteiger charge is -2.18. The van der Waals surface area contributed by atoms with Crippen molar-refractivity contribution >= 4 is 10.8 Å². The first-order chi connectivity index (χ1) is 6.86. The number of hydrogen-bond acceptors (Lipinski definition) is 1. The van der Waals surface area contributed by atoms with Crippen molar-refractivity contribution in [3.63, 3.8) is 0 Å². The van der Waals surface area contributed by atoms with Crippen molar-refractivity contribution in [2.24, 2.45) is 0 Å². The summed E-state index contributed by atoms with van der Waals surface area (Å²) in [5, 5.41) is 2.79. The van der Waals surface area contributed by atoms with Gasteiger partial charge < -0.3 is 4.74 Å². The van der Waals surface area contributed by atoms with Crippen molar-refractivity contribution < 1.29 is 4.74 Å². The summed E-state index contributed by atoms with van der Waals surface area (Å²) in [4.78, 5) is 0. The standard InChI is InChI=1S/C13H12O/c1-9-5-6-11-8-14-7-10-3-2-4-12(9)13(10)11/h2-6H,7-8H2,1H3. The summed E-state index contributed by atoms with van der Waals surface area (Å²) in [6.45, 7) is 3.68. The molecule has 2 aromatic rings. The second kappa shape index (κ2) is 2.82. The number of hydrogen-bond donors (Lipinski definition) is 0. The van der Waals surface area contributed by atoms with Crippen LogP contribution in [0.1, 0.15) is 16.7 Å². The SMILES string of the molecule is Cc1ccc2c3c(cccc13)COC2. The molecule has 0 amide bonds. The van der Waals surface area contributed by atoms with Gasteiger partial charge in [0.05, 0.1) is 13.2 Å². The van der Waals surface area contributed by atoms with Crippen molar-refractivity contribution in [3.05, 3.63) is 47.0 Å². The maximum atomic E-state index is 5.53. The summed E-state index contributed by atoms with van der Waals surface area (Å²) in [7, 11) is 0. The molecule has 0 N–H and O–H groups in total. The van der Waals surface area contributed by atoms with Crippen LogP contribution in [-0.4, -0.2) is 0 Å². The second-order valence-electron chi connectivity index (χ2n) is 3.87. The maximum Gasteiger partial charge on any atom is 0.0727 e. The second-order valence-corrected chi connectivity index (χ2v) is 3.87. The van der Waals surface area contributed by atoms with Gasteiger partial charge in [0.25, 0.3) is 0 Å². The Hall–Kier alpha value is -1.34. The van der Waals surface area contributed by atoms with Gasteiger partial charge in [-0.2, -0.15) is 0 Å². The van der Waals surface area contributed by atoms with E-state index in [1.807, 2.05) is 0 Å². The van der Waals surface area contributed by atoms with Gasteiger partial charge in [-0.25, -0.2) is 0 Å². The molecule has 14 heavy (non-hydrogen) atoms. The van der Waals surface area contributed by atoms with E-state index in [4.69, 9.17) is 4.74 Å². The third kappa shape index (κ3) is 0.992. The van der Waals surface area contributed by atoms with Gasteiger partial charge in [0.1, 0.15) is 0 Å². The molecule has 0 aromatic heterocycles. The number of benzene rings is 2. The zero-order valence-corrected chi connectivity index (χ0v) is 8.21. The summed E-state index contributed by atoms with van der Waals surface area (Å²) < 4.78 is 5.53. The molecule has 1 heteroatoms. The van der Waals surface area contributed by atoms with Crippen molar-refractivity contribution in [2.45, 2.75) is 20.1 Å². The van der Waals surface area contributed by atoms with Crippen molar-refractivity contribution in [1.29, 1.82) is 0 Å². The molecule has 1 aliphatic rings. The smallest absolute Gasteiger partial charge is 0.0727 e. The first-order valence-electron chi connectivity index (χ1n) is 4.94. The lowest BCUT2D eigenvalue weighted by Crippen LogP contribution is -2.04. The van der Waals surface area contributed by atoms with E-state index in [-0.39, 0.29) is 0 Å². The highest BCUT2D eigenvalue weighted by Crippen LogP contribution is 2.30. The van der Waals surface area contributed by atoms with Crippen LogP contribution >= 0.6 is 0 Å². The Morgan fingerprint density at radius 2 is 1.79 bits per heavy atom. The Kier molecular flexibility index (Phi) is 1.62. The van der Waals surface area contributed by atoms with E-state index in [0.717, 1.165) is 13.2 Å². The monoisotopic (exact) mass is 184 g/mol. The molecule has 0 bridgehead atoms. The predicted molar refractivity (Wildman–Crippen MR) is 57.2 cm³/mol. The maximum absolute atomic E-state index is 5.53. The van der Waals surface area contributed by atoms with Crippen molar-refractivity contribution in [1.82, 2.24) is 0 Å². The van der Waals surface area contributed by atoms with E-state index in [9.17, 15) is 0 Å². The quantitative estimate of drug-likeness (QED) is 0.611. The molecule has 0 saturated heterocycles. The first kappa shape index (κ1) is 8.01. The summed E-state index contributed by atoms with van der Waals surface area (Å²) >= 11 is 0. The zero-order chi connectivity index (χ0) is 9.54. The molecular weight excluding hydrogens is 172 g/mol. The summed E-state index contributed by atoms with van der Waals surface area (Å²) in [6, 6.07) is 10.8. The van der Waals surface area contributed by atoms with E-state index in [0.29, 0.717) is 0 Å². The van der Waals surface area contributed by atoms with Crippen LogP contribution in [0, 0.1) is 6.92 Å². The van der Waals surface area contributed by atoms with Crippen LogP contribution in [0.4, 0.5) is 0 Å². The highest BCUT2D eigenvalue weighted by Gasteiger charge is 2.12. The van der Waals surface area contributed by atoms with E-state index in [1.165, 1.54) is 27.5 Å². The largest absolute Gasteiger partial charge is 0.372 e. The summed E-state index contributed by atoms with van der Waals surface area (Å²) in [5.74, 6) is 0. The Morgan fingerprint density at radius 3 is 2.64 bits per heavy atom. The molecule has 2 aromatic carbocycles. The highest BCUT2D eigenvalue weighted by molar-refractivity contribution is 5.91. The van der Waals surface area contributed by atoms with Gasteiger partial charge in [0.15, 0.2) is 0 Å². The molecule has 0 atom stereocenters. The van der Waals surface area contributed by atoms with Crippen LogP contribution in [0.3, 0.4) is 0 Å². The molecule has 0 fully saturated rings. The minimum Gasteiger partial charge on any atom is -0.372 e. The van der Waals surface area contributed by atoms with Crippen molar-refractivity contribution in [2.75, 3.05) is 0 Å². The predicted octanol–water partition coefficient (Wildman–Crippen LogP) is 3.18. The van der Waals surface area contributed by atoms with Crippen LogP contribution < -0.4 is 0 Å². The van der Waals surface area contributed by atoms with Gasteiger partial charge in [-0.3, -0.25) is 0 Å². The number of aryl methyl sites for hydroxylation is 1. The normalized spacial score (nSPS) is 14.6. The van der Waals surface area contributed by atoms with E-state index in [2.05, 4.69) is 37.3 Å². The molecule has 3 rings (SSSR count). The fraction of sp³-hybridized carbons (Fsp3) is 0.231. The third-order valence-corrected chi connectivity index (χ3v) is 2.95. The Morgan fingerprint density at radius 1 is 1.00 bits per heavy atom. The molecule has 0 radical (unpaired) electrons. The highest BCUT2D eigenvalue weighted by atomic mass is 16.5. The fourth-order valence-corrected chi connectivity index (χ4v) is 2.22. The zero-order valence-electron chi connectivity index (χ0n) is 8.21. The van der Waals surface area contributed by atoms with Gasteiger partial charge >= 0.3 is 0 Å². The van der Waals surface area contributed by atoms with Crippen LogP contribution in [0.15, 0.2) is 30.3 Å². The molecule has 0 aliphatic carbocycles. The van der Waals surface area contributed by atoms with Gasteiger partial charge in [0.2, 0.25) is 0 Å². The Bertz CT molecular complexity index is 490. The third-order valence-electron chi connectivity index (χ3n) is 2.95. The van der Waals surface area contributed by atoms with Gasteiger partial charge in [-0.05, 0) is 34.4 Å². The molecular formula is C13H12O. The Balaban J connectivity index is 2.51. The van der Waals surface area contributed by atoms with E-state index < -0.39 is 0 Å². The average Bonchev–Trinajstić information content (AvgIpc) is 2.24. The van der Waals surface area contributed by atoms with Crippen molar-refractivity contribution in [3.8, 4) is 0 Å². The van der Waals surface area contributed by atoms with Crippen LogP contribution in [0.25, 0.3) is 10.8 Å². The number of ether oxygens (including phenoxy) is 1. The van der Waals surface area contributed by atoms with Gasteiger partial charge in [-0.15, -0.1) is 0 Å². The molecule has 0 spiro atoms. The first-order valence-corrected chi connectivity index (χ1v) is 4.94. The fourth-order valence-electron chi connectivity index (χ4n) is 2.22. The van der Waals surface area contributed by atoms with Crippen LogP contribution in [-0.2, 0) is 18.0 Å². The summed E-state index contributed by atoms with van der Waals surface area (Å²) in [5.41, 5.74) is 4.01. The van der Waals surface area contributed by atoms with E-state index in [1.54, 1.807) is 0 Å². The lowest BCUT2D eigenvalue weighted by atomic mass is 9.95. The van der Waals surface area contributed by atoms with Gasteiger partial charge in [0, 0.05) is 0 Å². The number of rotatable bonds is 0. The lowest BCUT2D eigenvalue weighted by molar-refractivity contribution is 0.103. The topological polar surface area (TPSA) is 9.23 Å². The van der Waals surface area contributed by atoms with Crippen LogP contribution in [0.2, 0.25) is 0 Å². The van der Waals surface area contributed by atoms with Crippen LogP contribution in [0.5, 0.6) is 0 Å². The average molecular weight is 184 g/mol. The summed E-state index contributed by atoms with van der Waals surface area (Å²) in [6.07, 6.45) is 0. The minimum absolute atomic E-state index is 0.758. The van der Waals surface area contributed by atoms with Gasteiger partial charge in [-0.1, -0.05) is 30.3 Å². The molecule has 0 saturated carbocycles. The molecule has 1 aliphatic heterocycles. The Labute approximate surface area is 83.3 Å². The molecule has 0 unspecified atom stereocenters.